The maximum absolute atomic E-state index is 14.3. The number of alkyl halides is 3. The van der Waals surface area contributed by atoms with Crippen LogP contribution in [0, 0.1) is 0 Å². The summed E-state index contributed by atoms with van der Waals surface area (Å²) in [6.07, 6.45) is 1.88. The van der Waals surface area contributed by atoms with Gasteiger partial charge in [-0.3, -0.25) is 14.1 Å². The minimum absolute atomic E-state index is 0.0300. The van der Waals surface area contributed by atoms with Crippen molar-refractivity contribution >= 4 is 42.0 Å². The Bertz CT molecular complexity index is 1830. The summed E-state index contributed by atoms with van der Waals surface area (Å²) in [7, 11) is -1.27. The first-order chi connectivity index (χ1) is 20.4. The molecule has 0 aliphatic carbocycles. The van der Waals surface area contributed by atoms with E-state index in [4.69, 9.17) is 15.2 Å². The molecule has 6 rings (SSSR count). The molecule has 1 atom stereocenters. The number of nitrogens with two attached hydrogens (primary N) is 1. The van der Waals surface area contributed by atoms with Crippen molar-refractivity contribution in [3.05, 3.63) is 78.0 Å². The van der Waals surface area contributed by atoms with E-state index in [2.05, 4.69) is 34.7 Å². The number of hydrogen-bond acceptors (Lipinski definition) is 7. The molecule has 1 aliphatic heterocycles. The molecule has 4 heterocycles. The molecule has 0 fully saturated rings. The maximum atomic E-state index is 14.3. The van der Waals surface area contributed by atoms with Crippen molar-refractivity contribution in [3.8, 4) is 5.75 Å². The lowest BCUT2D eigenvalue weighted by molar-refractivity contribution is -0.137. The van der Waals surface area contributed by atoms with Gasteiger partial charge in [0.2, 0.25) is 0 Å². The van der Waals surface area contributed by atoms with Crippen LogP contribution < -0.4 is 15.4 Å². The van der Waals surface area contributed by atoms with Crippen molar-refractivity contribution < 1.29 is 27.4 Å². The number of nitrogens with zero attached hydrogens (tertiary/aromatic N) is 6. The van der Waals surface area contributed by atoms with Crippen LogP contribution in [0.2, 0.25) is 25.7 Å². The predicted octanol–water partition coefficient (Wildman–Crippen LogP) is 5.77. The zero-order chi connectivity index (χ0) is 30.5. The van der Waals surface area contributed by atoms with E-state index in [1.807, 2.05) is 0 Å². The fourth-order valence-electron chi connectivity index (χ4n) is 5.05. The van der Waals surface area contributed by atoms with Gasteiger partial charge in [0, 0.05) is 25.8 Å². The Kier molecular flexibility index (Phi) is 7.13. The van der Waals surface area contributed by atoms with Gasteiger partial charge in [-0.1, -0.05) is 25.7 Å². The molecule has 0 radical (unpaired) electrons. The molecule has 224 valence electrons. The molecule has 43 heavy (non-hydrogen) atoms. The topological polar surface area (TPSA) is 113 Å². The summed E-state index contributed by atoms with van der Waals surface area (Å²) in [5.74, 6) is -0.00587. The molecule has 2 N–H and O–H groups in total. The van der Waals surface area contributed by atoms with E-state index in [0.29, 0.717) is 45.8 Å². The first-order valence-electron chi connectivity index (χ1n) is 13.7. The Morgan fingerprint density at radius 1 is 1.16 bits per heavy atom. The second-order valence-electron chi connectivity index (χ2n) is 11.7. The van der Waals surface area contributed by atoms with E-state index in [1.165, 1.54) is 11.0 Å². The minimum atomic E-state index is -4.52. The highest BCUT2D eigenvalue weighted by atomic mass is 28.3. The number of ether oxygens (including phenoxy) is 2. The van der Waals surface area contributed by atoms with Crippen molar-refractivity contribution in [2.24, 2.45) is 0 Å². The Morgan fingerprint density at radius 2 is 1.98 bits per heavy atom. The summed E-state index contributed by atoms with van der Waals surface area (Å²) in [6, 6.07) is 8.65. The monoisotopic (exact) mass is 609 g/mol. The number of amides is 1. The molecule has 3 aromatic heterocycles. The number of rotatable bonds is 8. The van der Waals surface area contributed by atoms with Gasteiger partial charge in [0.1, 0.15) is 30.4 Å². The summed E-state index contributed by atoms with van der Waals surface area (Å²) >= 11 is 0. The van der Waals surface area contributed by atoms with Gasteiger partial charge in [-0.25, -0.2) is 14.6 Å². The van der Waals surface area contributed by atoms with Gasteiger partial charge in [-0.2, -0.15) is 18.3 Å². The molecule has 0 bridgehead atoms. The van der Waals surface area contributed by atoms with Crippen LogP contribution >= 0.6 is 0 Å². The lowest BCUT2D eigenvalue weighted by atomic mass is 10.0. The van der Waals surface area contributed by atoms with E-state index in [-0.39, 0.29) is 19.1 Å². The second-order valence-corrected chi connectivity index (χ2v) is 17.3. The number of hydrogen-bond donors (Lipinski definition) is 1. The molecule has 1 amide bonds. The lowest BCUT2D eigenvalue weighted by Crippen LogP contribution is -2.35. The van der Waals surface area contributed by atoms with E-state index >= 15 is 0 Å². The Morgan fingerprint density at radius 3 is 2.74 bits per heavy atom. The SMILES string of the molecule is C[Si](C)(C)CCOCn1cc(N(C(=O)c2ccc3nc(N)c4cncn4c3c2)[C@@H]2COc3cc(C(F)(F)F)ccc32)cn1. The number of aromatic nitrogens is 5. The predicted molar refractivity (Wildman–Crippen MR) is 158 cm³/mol. The lowest BCUT2D eigenvalue weighted by Gasteiger charge is -2.27. The van der Waals surface area contributed by atoms with Crippen LogP contribution in [-0.2, 0) is 17.6 Å². The Labute approximate surface area is 245 Å². The molecule has 10 nitrogen and oxygen atoms in total. The molecule has 0 unspecified atom stereocenters. The van der Waals surface area contributed by atoms with E-state index in [9.17, 15) is 18.0 Å². The molecule has 5 aromatic rings. The van der Waals surface area contributed by atoms with Crippen LogP contribution in [0.4, 0.5) is 24.7 Å². The van der Waals surface area contributed by atoms with Crippen LogP contribution in [0.3, 0.4) is 0 Å². The number of carbonyl (C=O) groups excluding carboxylic acids is 1. The van der Waals surface area contributed by atoms with Crippen molar-refractivity contribution in [3.63, 3.8) is 0 Å². The molecule has 14 heteroatoms. The summed E-state index contributed by atoms with van der Waals surface area (Å²) in [6.45, 7) is 7.55. The van der Waals surface area contributed by atoms with Crippen molar-refractivity contribution in [2.75, 3.05) is 23.8 Å². The Hall–Kier alpha value is -4.43. The minimum Gasteiger partial charge on any atom is -0.491 e. The first kappa shape index (κ1) is 28.7. The van der Waals surface area contributed by atoms with Gasteiger partial charge in [0.15, 0.2) is 0 Å². The summed E-state index contributed by atoms with van der Waals surface area (Å²) in [4.78, 5) is 24.4. The highest BCUT2D eigenvalue weighted by Gasteiger charge is 2.38. The molecule has 0 spiro atoms. The molecular weight excluding hydrogens is 579 g/mol. The molecule has 0 saturated heterocycles. The number of imidazole rings is 1. The van der Waals surface area contributed by atoms with Gasteiger partial charge in [-0.05, 0) is 36.4 Å². The van der Waals surface area contributed by atoms with Crippen LogP contribution in [0.5, 0.6) is 5.75 Å². The normalized spacial score (nSPS) is 15.2. The van der Waals surface area contributed by atoms with E-state index in [0.717, 1.165) is 18.2 Å². The molecule has 1 aliphatic rings. The third-order valence-electron chi connectivity index (χ3n) is 7.37. The van der Waals surface area contributed by atoms with Gasteiger partial charge in [0.25, 0.3) is 5.91 Å². The number of fused-ring (bicyclic) bond motifs is 4. The largest absolute Gasteiger partial charge is 0.491 e. The maximum Gasteiger partial charge on any atom is 0.416 e. The highest BCUT2D eigenvalue weighted by molar-refractivity contribution is 6.76. The summed E-state index contributed by atoms with van der Waals surface area (Å²) < 4.78 is 55.1. The standard InChI is InChI=1S/C29H30F3N7O3Si/c1-43(2,3)9-8-41-17-37-14-20(12-35-37)39(25-15-42-26-11-19(29(30,31)32)5-6-21(25)26)28(40)18-4-7-22-23(10-18)38-16-34-13-24(38)27(33)36-22/h4-7,10-14,16,25H,8-9,15,17H2,1-3H3,(H2,33,36)/t25-/m1/s1. The zero-order valence-electron chi connectivity index (χ0n) is 23.8. The fraction of sp³-hybridized carbons (Fsp3) is 0.310. The number of anilines is 2. The third kappa shape index (κ3) is 5.67. The average molecular weight is 610 g/mol. The van der Waals surface area contributed by atoms with Crippen molar-refractivity contribution in [2.45, 2.75) is 44.6 Å². The van der Waals surface area contributed by atoms with Crippen molar-refractivity contribution in [1.29, 1.82) is 0 Å². The zero-order valence-corrected chi connectivity index (χ0v) is 24.8. The smallest absolute Gasteiger partial charge is 0.416 e. The Balaban J connectivity index is 1.37. The number of nitrogen functional groups attached to an aromatic ring is 1. The summed E-state index contributed by atoms with van der Waals surface area (Å²) in [5.41, 5.74) is 8.29. The van der Waals surface area contributed by atoms with Crippen LogP contribution in [0.25, 0.3) is 16.6 Å². The summed E-state index contributed by atoms with van der Waals surface area (Å²) in [5, 5.41) is 4.40. The van der Waals surface area contributed by atoms with Crippen LogP contribution in [0.1, 0.15) is 27.5 Å². The van der Waals surface area contributed by atoms with Gasteiger partial charge < -0.3 is 15.2 Å². The molecular formula is C29H30F3N7O3Si. The fourth-order valence-corrected chi connectivity index (χ4v) is 5.81. The number of halogens is 3. The van der Waals surface area contributed by atoms with Gasteiger partial charge in [0.05, 0.1) is 53.2 Å². The third-order valence-corrected chi connectivity index (χ3v) is 9.07. The number of benzene rings is 2. The first-order valence-corrected chi connectivity index (χ1v) is 17.4. The molecule has 2 aromatic carbocycles. The van der Waals surface area contributed by atoms with Gasteiger partial charge in [-0.15, -0.1) is 0 Å². The second kappa shape index (κ2) is 10.7. The van der Waals surface area contributed by atoms with Crippen molar-refractivity contribution in [1.82, 2.24) is 24.1 Å². The van der Waals surface area contributed by atoms with Crippen LogP contribution in [-0.4, -0.2) is 51.3 Å². The van der Waals surface area contributed by atoms with E-state index < -0.39 is 31.8 Å². The van der Waals surface area contributed by atoms with Gasteiger partial charge >= 0.3 is 6.18 Å². The molecule has 0 saturated carbocycles. The van der Waals surface area contributed by atoms with E-state index in [1.54, 1.807) is 52.2 Å². The average Bonchev–Trinajstić information content (AvgIpc) is 3.71. The van der Waals surface area contributed by atoms with Crippen LogP contribution in [0.15, 0.2) is 61.3 Å². The number of carbonyl (C=O) groups is 1. The highest BCUT2D eigenvalue weighted by Crippen LogP contribution is 2.42. The quantitative estimate of drug-likeness (QED) is 0.176.